The Bertz CT molecular complexity index is 629. The Kier molecular flexibility index (Phi) is 5.88. The van der Waals surface area contributed by atoms with Gasteiger partial charge in [0.15, 0.2) is 6.10 Å². The molecule has 0 bridgehead atoms. The molecule has 2 aliphatic rings. The molecular weight excluding hydrogens is 322 g/mol. The highest BCUT2D eigenvalue weighted by molar-refractivity contribution is 6.00. The van der Waals surface area contributed by atoms with E-state index >= 15 is 0 Å². The molecule has 7 heteroatoms. The van der Waals surface area contributed by atoms with Gasteiger partial charge in [-0.05, 0) is 37.6 Å². The van der Waals surface area contributed by atoms with Crippen LogP contribution in [0.5, 0.6) is 5.75 Å². The zero-order chi connectivity index (χ0) is 17.6. The first kappa shape index (κ1) is 17.7. The molecule has 2 aliphatic heterocycles. The summed E-state index contributed by atoms with van der Waals surface area (Å²) in [5.74, 6) is 0.162. The van der Waals surface area contributed by atoms with Crippen molar-refractivity contribution in [2.24, 2.45) is 0 Å². The van der Waals surface area contributed by atoms with Gasteiger partial charge in [0.05, 0.1) is 25.3 Å². The van der Waals surface area contributed by atoms with Gasteiger partial charge in [0.1, 0.15) is 5.75 Å². The molecule has 2 heterocycles. The van der Waals surface area contributed by atoms with Crippen molar-refractivity contribution in [3.05, 3.63) is 23.8 Å². The number of nitrogens with zero attached hydrogens (tertiary/aromatic N) is 1. The summed E-state index contributed by atoms with van der Waals surface area (Å²) in [4.78, 5) is 26.5. The summed E-state index contributed by atoms with van der Waals surface area (Å²) in [5, 5.41) is 5.67. The second-order valence-electron chi connectivity index (χ2n) is 6.46. The molecule has 1 unspecified atom stereocenters. The van der Waals surface area contributed by atoms with Crippen LogP contribution < -0.4 is 15.4 Å². The number of rotatable bonds is 6. The average molecular weight is 347 g/mol. The molecule has 25 heavy (non-hydrogen) atoms. The lowest BCUT2D eigenvalue weighted by atomic mass is 10.1. The number of fused-ring (bicyclic) bond motifs is 1. The molecule has 1 fully saturated rings. The minimum absolute atomic E-state index is 0.0245. The average Bonchev–Trinajstić information content (AvgIpc) is 2.60. The maximum absolute atomic E-state index is 12.1. The van der Waals surface area contributed by atoms with E-state index in [1.807, 2.05) is 25.1 Å². The summed E-state index contributed by atoms with van der Waals surface area (Å²) in [6.45, 7) is 6.94. The fourth-order valence-corrected chi connectivity index (χ4v) is 2.99. The normalized spacial score (nSPS) is 20.4. The van der Waals surface area contributed by atoms with Crippen LogP contribution in [0.4, 0.5) is 5.69 Å². The molecule has 1 atom stereocenters. The quantitative estimate of drug-likeness (QED) is 0.748. The number of ether oxygens (including phenoxy) is 2. The second kappa shape index (κ2) is 8.31. The summed E-state index contributed by atoms with van der Waals surface area (Å²) >= 11 is 0. The van der Waals surface area contributed by atoms with Crippen molar-refractivity contribution in [3.63, 3.8) is 0 Å². The third-order valence-corrected chi connectivity index (χ3v) is 4.40. The van der Waals surface area contributed by atoms with E-state index in [1.54, 1.807) is 0 Å². The molecule has 0 spiro atoms. The van der Waals surface area contributed by atoms with Crippen LogP contribution in [0.25, 0.3) is 0 Å². The molecule has 136 valence electrons. The smallest absolute Gasteiger partial charge is 0.266 e. The summed E-state index contributed by atoms with van der Waals surface area (Å²) in [6.07, 6.45) is 0.122. The van der Waals surface area contributed by atoms with Crippen LogP contribution in [-0.4, -0.2) is 62.2 Å². The third kappa shape index (κ3) is 4.93. The maximum Gasteiger partial charge on any atom is 0.266 e. The first-order chi connectivity index (χ1) is 12.1. The lowest BCUT2D eigenvalue weighted by Crippen LogP contribution is -2.41. The molecular formula is C18H25N3O4. The van der Waals surface area contributed by atoms with E-state index in [4.69, 9.17) is 9.47 Å². The predicted octanol–water partition coefficient (Wildman–Crippen LogP) is 0.923. The largest absolute Gasteiger partial charge is 0.478 e. The zero-order valence-electron chi connectivity index (χ0n) is 14.5. The molecule has 0 aliphatic carbocycles. The van der Waals surface area contributed by atoms with E-state index in [1.165, 1.54) is 0 Å². The van der Waals surface area contributed by atoms with Gasteiger partial charge < -0.3 is 20.1 Å². The van der Waals surface area contributed by atoms with Gasteiger partial charge >= 0.3 is 0 Å². The number of benzene rings is 1. The van der Waals surface area contributed by atoms with Crippen molar-refractivity contribution in [2.45, 2.75) is 25.9 Å². The minimum atomic E-state index is -0.783. The number of amides is 2. The molecule has 0 saturated carbocycles. The molecule has 0 aromatic heterocycles. The first-order valence-corrected chi connectivity index (χ1v) is 8.77. The third-order valence-electron chi connectivity index (χ3n) is 4.40. The number of nitrogens with one attached hydrogen (secondary N) is 2. The molecule has 7 nitrogen and oxygen atoms in total. The Hall–Kier alpha value is -2.12. The van der Waals surface area contributed by atoms with Crippen molar-refractivity contribution in [1.29, 1.82) is 0 Å². The standard InChI is InChI=1S/C18H25N3O4/c1-13-3-4-15-14(11-13)20-18(23)16(25-15)12-17(22)19-5-2-6-21-7-9-24-10-8-21/h3-4,11,16H,2,5-10,12H2,1H3,(H,19,22)(H,20,23). The van der Waals surface area contributed by atoms with Crippen molar-refractivity contribution < 1.29 is 19.1 Å². The monoisotopic (exact) mass is 347 g/mol. The van der Waals surface area contributed by atoms with Crippen LogP contribution in [0.1, 0.15) is 18.4 Å². The number of hydrogen-bond acceptors (Lipinski definition) is 5. The molecule has 2 amide bonds. The maximum atomic E-state index is 12.1. The van der Waals surface area contributed by atoms with Crippen LogP contribution in [0.3, 0.4) is 0 Å². The van der Waals surface area contributed by atoms with E-state index in [0.717, 1.165) is 44.8 Å². The second-order valence-corrected chi connectivity index (χ2v) is 6.46. The van der Waals surface area contributed by atoms with Gasteiger partial charge in [-0.15, -0.1) is 0 Å². The molecule has 2 N–H and O–H groups in total. The molecule has 1 aromatic rings. The molecule has 0 radical (unpaired) electrons. The first-order valence-electron chi connectivity index (χ1n) is 8.77. The Morgan fingerprint density at radius 1 is 1.36 bits per heavy atom. The summed E-state index contributed by atoms with van der Waals surface area (Å²) in [5.41, 5.74) is 1.70. The molecule has 1 saturated heterocycles. The number of carbonyl (C=O) groups excluding carboxylic acids is 2. The fourth-order valence-electron chi connectivity index (χ4n) is 2.99. The van der Waals surface area contributed by atoms with Gasteiger partial charge in [0.25, 0.3) is 5.91 Å². The lowest BCUT2D eigenvalue weighted by molar-refractivity contribution is -0.130. The van der Waals surface area contributed by atoms with Gasteiger partial charge in [-0.3, -0.25) is 14.5 Å². The van der Waals surface area contributed by atoms with E-state index in [2.05, 4.69) is 15.5 Å². The number of morpholine rings is 1. The Balaban J connectivity index is 1.40. The van der Waals surface area contributed by atoms with Crippen LogP contribution in [0.15, 0.2) is 18.2 Å². The van der Waals surface area contributed by atoms with Gasteiger partial charge in [0.2, 0.25) is 5.91 Å². The molecule has 3 rings (SSSR count). The summed E-state index contributed by atoms with van der Waals surface area (Å²) < 4.78 is 11.0. The van der Waals surface area contributed by atoms with Crippen LogP contribution >= 0.6 is 0 Å². The van der Waals surface area contributed by atoms with E-state index in [9.17, 15) is 9.59 Å². The van der Waals surface area contributed by atoms with E-state index in [-0.39, 0.29) is 18.2 Å². The number of aryl methyl sites for hydroxylation is 1. The van der Waals surface area contributed by atoms with Crippen LogP contribution in [-0.2, 0) is 14.3 Å². The Morgan fingerprint density at radius 3 is 2.96 bits per heavy atom. The Morgan fingerprint density at radius 2 is 2.16 bits per heavy atom. The minimum Gasteiger partial charge on any atom is -0.478 e. The van der Waals surface area contributed by atoms with Gasteiger partial charge in [0, 0.05) is 19.6 Å². The van der Waals surface area contributed by atoms with Gasteiger partial charge in [-0.2, -0.15) is 0 Å². The van der Waals surface area contributed by atoms with Gasteiger partial charge in [-0.1, -0.05) is 6.07 Å². The van der Waals surface area contributed by atoms with Gasteiger partial charge in [-0.25, -0.2) is 0 Å². The highest BCUT2D eigenvalue weighted by atomic mass is 16.5. The van der Waals surface area contributed by atoms with Crippen molar-refractivity contribution in [1.82, 2.24) is 10.2 Å². The number of carbonyl (C=O) groups is 2. The molecule has 1 aromatic carbocycles. The predicted molar refractivity (Wildman–Crippen MR) is 93.7 cm³/mol. The zero-order valence-corrected chi connectivity index (χ0v) is 14.5. The fraction of sp³-hybridized carbons (Fsp3) is 0.556. The topological polar surface area (TPSA) is 79.9 Å². The van der Waals surface area contributed by atoms with Crippen molar-refractivity contribution in [3.8, 4) is 5.75 Å². The lowest BCUT2D eigenvalue weighted by Gasteiger charge is -2.27. The highest BCUT2D eigenvalue weighted by Crippen LogP contribution is 2.30. The van der Waals surface area contributed by atoms with Crippen molar-refractivity contribution >= 4 is 17.5 Å². The van der Waals surface area contributed by atoms with E-state index < -0.39 is 6.10 Å². The number of anilines is 1. The summed E-state index contributed by atoms with van der Waals surface area (Å²) in [7, 11) is 0. The van der Waals surface area contributed by atoms with Crippen LogP contribution in [0.2, 0.25) is 0 Å². The SMILES string of the molecule is Cc1ccc2c(c1)NC(=O)C(CC(=O)NCCCN1CCOCC1)O2. The van der Waals surface area contributed by atoms with Crippen LogP contribution in [0, 0.1) is 6.92 Å². The Labute approximate surface area is 147 Å². The van der Waals surface area contributed by atoms with E-state index in [0.29, 0.717) is 18.0 Å². The number of hydrogen-bond donors (Lipinski definition) is 2. The summed E-state index contributed by atoms with van der Waals surface area (Å²) in [6, 6.07) is 5.59. The highest BCUT2D eigenvalue weighted by Gasteiger charge is 2.29. The van der Waals surface area contributed by atoms with Crippen molar-refractivity contribution in [2.75, 3.05) is 44.7 Å².